The number of nitrogens with zero attached hydrogens (tertiary/aromatic N) is 1. The summed E-state index contributed by atoms with van der Waals surface area (Å²) in [5.74, 6) is 0.367. The summed E-state index contributed by atoms with van der Waals surface area (Å²) in [5.41, 5.74) is 2.03. The fourth-order valence-electron chi connectivity index (χ4n) is 2.67. The number of phenolic OH excluding ortho intramolecular Hbond substituents is 1. The van der Waals surface area contributed by atoms with Gasteiger partial charge in [-0.15, -0.1) is 0 Å². The van der Waals surface area contributed by atoms with Gasteiger partial charge in [-0.25, -0.2) is 0 Å². The Balaban J connectivity index is 2.11. The number of aromatic hydroxyl groups is 1. The van der Waals surface area contributed by atoms with E-state index in [4.69, 9.17) is 4.74 Å². The lowest BCUT2D eigenvalue weighted by Gasteiger charge is -2.21. The van der Waals surface area contributed by atoms with Crippen LogP contribution in [-0.4, -0.2) is 38.0 Å². The van der Waals surface area contributed by atoms with Crippen molar-refractivity contribution in [3.05, 3.63) is 23.8 Å². The molecule has 0 amide bonds. The molecule has 2 unspecified atom stereocenters. The van der Waals surface area contributed by atoms with Crippen LogP contribution in [-0.2, 0) is 4.74 Å². The van der Waals surface area contributed by atoms with E-state index in [9.17, 15) is 5.11 Å². The molecule has 1 aromatic carbocycles. The van der Waals surface area contributed by atoms with Crippen molar-refractivity contribution in [1.29, 1.82) is 0 Å². The standard InChI is InChI=1S/C15H24N2O2/c1-4-16-11(2)14-6-5-12(9-15(14)18)17-8-7-13(10-17)19-3/h5-6,9,11,13,16,18H,4,7-8,10H2,1-3H3. The van der Waals surface area contributed by atoms with Crippen molar-refractivity contribution in [1.82, 2.24) is 5.32 Å². The van der Waals surface area contributed by atoms with E-state index in [0.717, 1.165) is 37.3 Å². The lowest BCUT2D eigenvalue weighted by Crippen LogP contribution is -2.22. The highest BCUT2D eigenvalue weighted by molar-refractivity contribution is 5.54. The molecule has 1 heterocycles. The van der Waals surface area contributed by atoms with Crippen molar-refractivity contribution < 1.29 is 9.84 Å². The third kappa shape index (κ3) is 3.19. The minimum Gasteiger partial charge on any atom is -0.508 e. The average molecular weight is 264 g/mol. The topological polar surface area (TPSA) is 44.7 Å². The van der Waals surface area contributed by atoms with E-state index in [0.29, 0.717) is 11.9 Å². The second-order valence-corrected chi connectivity index (χ2v) is 5.11. The first kappa shape index (κ1) is 14.2. The number of phenols is 1. The number of benzene rings is 1. The third-order valence-corrected chi connectivity index (χ3v) is 3.83. The van der Waals surface area contributed by atoms with E-state index in [-0.39, 0.29) is 6.04 Å². The number of rotatable bonds is 5. The molecule has 1 fully saturated rings. The summed E-state index contributed by atoms with van der Waals surface area (Å²) in [7, 11) is 1.76. The van der Waals surface area contributed by atoms with Crippen molar-refractivity contribution in [2.75, 3.05) is 31.6 Å². The van der Waals surface area contributed by atoms with Crippen LogP contribution in [0.25, 0.3) is 0 Å². The van der Waals surface area contributed by atoms with Crippen LogP contribution in [0.5, 0.6) is 5.75 Å². The summed E-state index contributed by atoms with van der Waals surface area (Å²) >= 11 is 0. The second-order valence-electron chi connectivity index (χ2n) is 5.11. The number of hydrogen-bond donors (Lipinski definition) is 2. The molecule has 4 heteroatoms. The summed E-state index contributed by atoms with van der Waals surface area (Å²) in [6.45, 7) is 6.91. The van der Waals surface area contributed by atoms with E-state index in [1.807, 2.05) is 12.1 Å². The number of ether oxygens (including phenoxy) is 1. The molecule has 0 aliphatic carbocycles. The lowest BCUT2D eigenvalue weighted by atomic mass is 10.1. The Morgan fingerprint density at radius 1 is 1.53 bits per heavy atom. The molecule has 4 nitrogen and oxygen atoms in total. The fraction of sp³-hybridized carbons (Fsp3) is 0.600. The second kappa shape index (κ2) is 6.26. The van der Waals surface area contributed by atoms with E-state index in [1.165, 1.54) is 0 Å². The summed E-state index contributed by atoms with van der Waals surface area (Å²) in [4.78, 5) is 2.26. The van der Waals surface area contributed by atoms with Gasteiger partial charge in [-0.05, 0) is 26.0 Å². The van der Waals surface area contributed by atoms with Gasteiger partial charge < -0.3 is 20.1 Å². The molecule has 2 atom stereocenters. The Bertz CT molecular complexity index is 423. The van der Waals surface area contributed by atoms with Gasteiger partial charge in [0.2, 0.25) is 0 Å². The molecule has 0 aromatic heterocycles. The van der Waals surface area contributed by atoms with Crippen molar-refractivity contribution in [3.8, 4) is 5.75 Å². The molecular formula is C15H24N2O2. The first-order valence-corrected chi connectivity index (χ1v) is 6.99. The molecule has 0 bridgehead atoms. The zero-order valence-corrected chi connectivity index (χ0v) is 12.0. The number of hydrogen-bond acceptors (Lipinski definition) is 4. The molecule has 2 rings (SSSR count). The van der Waals surface area contributed by atoms with Crippen LogP contribution < -0.4 is 10.2 Å². The van der Waals surface area contributed by atoms with E-state index in [1.54, 1.807) is 7.11 Å². The van der Waals surface area contributed by atoms with Crippen LogP contribution in [0.15, 0.2) is 18.2 Å². The van der Waals surface area contributed by atoms with Crippen LogP contribution in [0, 0.1) is 0 Å². The molecule has 0 radical (unpaired) electrons. The highest BCUT2D eigenvalue weighted by Gasteiger charge is 2.23. The third-order valence-electron chi connectivity index (χ3n) is 3.83. The van der Waals surface area contributed by atoms with Gasteiger partial charge in [-0.2, -0.15) is 0 Å². The van der Waals surface area contributed by atoms with Gasteiger partial charge in [-0.3, -0.25) is 0 Å². The molecule has 1 aliphatic heterocycles. The Kier molecular flexibility index (Phi) is 4.66. The monoisotopic (exact) mass is 264 g/mol. The van der Waals surface area contributed by atoms with Gasteiger partial charge in [0.25, 0.3) is 0 Å². The summed E-state index contributed by atoms with van der Waals surface area (Å²) in [6, 6.07) is 6.13. The molecule has 2 N–H and O–H groups in total. The summed E-state index contributed by atoms with van der Waals surface area (Å²) in [6.07, 6.45) is 1.36. The fourth-order valence-corrected chi connectivity index (χ4v) is 2.67. The molecule has 19 heavy (non-hydrogen) atoms. The molecule has 106 valence electrons. The Hall–Kier alpha value is -1.26. The summed E-state index contributed by atoms with van der Waals surface area (Å²) in [5, 5.41) is 13.5. The Labute approximate surface area is 115 Å². The summed E-state index contributed by atoms with van der Waals surface area (Å²) < 4.78 is 5.37. The van der Waals surface area contributed by atoms with Gasteiger partial charge in [0.1, 0.15) is 5.75 Å². The first-order chi connectivity index (χ1) is 9.15. The normalized spacial score (nSPS) is 20.8. The zero-order valence-electron chi connectivity index (χ0n) is 12.0. The van der Waals surface area contributed by atoms with Gasteiger partial charge in [0, 0.05) is 43.6 Å². The molecule has 0 spiro atoms. The van der Waals surface area contributed by atoms with E-state index < -0.39 is 0 Å². The van der Waals surface area contributed by atoms with Crippen molar-refractivity contribution in [3.63, 3.8) is 0 Å². The predicted octanol–water partition coefficient (Wildman–Crippen LogP) is 2.29. The van der Waals surface area contributed by atoms with Gasteiger partial charge in [0.15, 0.2) is 0 Å². The van der Waals surface area contributed by atoms with Crippen molar-refractivity contribution in [2.45, 2.75) is 32.4 Å². The molecule has 1 aliphatic rings. The largest absolute Gasteiger partial charge is 0.508 e. The minimum absolute atomic E-state index is 0.171. The maximum atomic E-state index is 10.2. The number of nitrogens with one attached hydrogen (secondary N) is 1. The van der Waals surface area contributed by atoms with E-state index >= 15 is 0 Å². The van der Waals surface area contributed by atoms with E-state index in [2.05, 4.69) is 30.1 Å². The number of anilines is 1. The maximum absolute atomic E-state index is 10.2. The highest BCUT2D eigenvalue weighted by Crippen LogP contribution is 2.30. The zero-order chi connectivity index (χ0) is 13.8. The predicted molar refractivity (Wildman–Crippen MR) is 77.8 cm³/mol. The van der Waals surface area contributed by atoms with Crippen LogP contribution in [0.2, 0.25) is 0 Å². The van der Waals surface area contributed by atoms with Crippen LogP contribution >= 0.6 is 0 Å². The van der Waals surface area contributed by atoms with Crippen LogP contribution in [0.3, 0.4) is 0 Å². The van der Waals surface area contributed by atoms with Crippen molar-refractivity contribution in [2.24, 2.45) is 0 Å². The van der Waals surface area contributed by atoms with Crippen molar-refractivity contribution >= 4 is 5.69 Å². The first-order valence-electron chi connectivity index (χ1n) is 6.99. The molecule has 1 saturated heterocycles. The Morgan fingerprint density at radius 3 is 2.89 bits per heavy atom. The molecule has 0 saturated carbocycles. The SMILES string of the molecule is CCNC(C)c1ccc(N2CCC(OC)C2)cc1O. The molecule has 1 aromatic rings. The minimum atomic E-state index is 0.171. The number of methoxy groups -OCH3 is 1. The van der Waals surface area contributed by atoms with Crippen LogP contribution in [0.4, 0.5) is 5.69 Å². The van der Waals surface area contributed by atoms with Gasteiger partial charge in [0.05, 0.1) is 6.10 Å². The quantitative estimate of drug-likeness (QED) is 0.856. The van der Waals surface area contributed by atoms with Crippen LogP contribution in [0.1, 0.15) is 31.9 Å². The molecular weight excluding hydrogens is 240 g/mol. The average Bonchev–Trinajstić information content (AvgIpc) is 2.87. The maximum Gasteiger partial charge on any atom is 0.122 e. The highest BCUT2D eigenvalue weighted by atomic mass is 16.5. The lowest BCUT2D eigenvalue weighted by molar-refractivity contribution is 0.121. The smallest absolute Gasteiger partial charge is 0.122 e. The Morgan fingerprint density at radius 2 is 2.32 bits per heavy atom. The van der Waals surface area contributed by atoms with Gasteiger partial charge in [-0.1, -0.05) is 13.0 Å². The van der Waals surface area contributed by atoms with Gasteiger partial charge >= 0.3 is 0 Å².